The Morgan fingerprint density at radius 2 is 2.40 bits per heavy atom. The first-order valence-electron chi connectivity index (χ1n) is 5.10. The van der Waals surface area contributed by atoms with Gasteiger partial charge < -0.3 is 9.84 Å². The van der Waals surface area contributed by atoms with Gasteiger partial charge in [0.1, 0.15) is 11.9 Å². The summed E-state index contributed by atoms with van der Waals surface area (Å²) in [5.74, 6) is 0.0271. The molecular formula is C11H11NO3. The quantitative estimate of drug-likeness (QED) is 0.753. The third-order valence-electron chi connectivity index (χ3n) is 3.28. The van der Waals surface area contributed by atoms with Gasteiger partial charge in [0.15, 0.2) is 0 Å². The molecular weight excluding hydrogens is 194 g/mol. The Morgan fingerprint density at radius 1 is 1.53 bits per heavy atom. The van der Waals surface area contributed by atoms with Gasteiger partial charge in [0.25, 0.3) is 0 Å². The summed E-state index contributed by atoms with van der Waals surface area (Å²) in [5.41, 5.74) is 0.936. The van der Waals surface area contributed by atoms with E-state index in [1.165, 1.54) is 0 Å². The van der Waals surface area contributed by atoms with E-state index in [1.807, 2.05) is 12.1 Å². The summed E-state index contributed by atoms with van der Waals surface area (Å²) in [6, 6.07) is 3.74. The van der Waals surface area contributed by atoms with Crippen LogP contribution in [0.25, 0.3) is 0 Å². The van der Waals surface area contributed by atoms with Crippen molar-refractivity contribution in [1.82, 2.24) is 4.98 Å². The number of hydrogen-bond acceptors (Lipinski definition) is 3. The molecule has 1 fully saturated rings. The fourth-order valence-corrected chi connectivity index (χ4v) is 2.56. The smallest absolute Gasteiger partial charge is 0.306 e. The van der Waals surface area contributed by atoms with E-state index in [2.05, 4.69) is 4.98 Å². The molecule has 3 atom stereocenters. The molecule has 0 amide bonds. The largest absolute Gasteiger partial charge is 0.488 e. The van der Waals surface area contributed by atoms with Gasteiger partial charge in [-0.15, -0.1) is 0 Å². The predicted molar refractivity (Wildman–Crippen MR) is 51.8 cm³/mol. The highest BCUT2D eigenvalue weighted by atomic mass is 16.5. The van der Waals surface area contributed by atoms with Crippen LogP contribution in [0.3, 0.4) is 0 Å². The molecule has 0 bridgehead atoms. The van der Waals surface area contributed by atoms with E-state index in [9.17, 15) is 4.79 Å². The molecule has 78 valence electrons. The van der Waals surface area contributed by atoms with Gasteiger partial charge in [-0.3, -0.25) is 9.78 Å². The lowest BCUT2D eigenvalue weighted by atomic mass is 10.0. The molecule has 1 aromatic heterocycles. The van der Waals surface area contributed by atoms with E-state index in [1.54, 1.807) is 6.20 Å². The van der Waals surface area contributed by atoms with Crippen molar-refractivity contribution in [3.05, 3.63) is 24.0 Å². The molecule has 1 N–H and O–H groups in total. The van der Waals surface area contributed by atoms with Crippen molar-refractivity contribution in [3.8, 4) is 5.75 Å². The van der Waals surface area contributed by atoms with Gasteiger partial charge in [-0.2, -0.15) is 0 Å². The fraction of sp³-hybridized carbons (Fsp3) is 0.455. The Bertz CT molecular complexity index is 418. The van der Waals surface area contributed by atoms with Crippen LogP contribution < -0.4 is 4.74 Å². The average molecular weight is 205 g/mol. The van der Waals surface area contributed by atoms with Gasteiger partial charge in [-0.05, 0) is 25.0 Å². The van der Waals surface area contributed by atoms with Crippen molar-refractivity contribution in [1.29, 1.82) is 0 Å². The first kappa shape index (κ1) is 8.71. The lowest BCUT2D eigenvalue weighted by molar-refractivity contribution is -0.141. The number of rotatable bonds is 1. The molecule has 0 spiro atoms. The number of nitrogens with zero attached hydrogens (tertiary/aromatic N) is 1. The topological polar surface area (TPSA) is 59.4 Å². The second-order valence-electron chi connectivity index (χ2n) is 4.16. The summed E-state index contributed by atoms with van der Waals surface area (Å²) in [5, 5.41) is 8.94. The Morgan fingerprint density at radius 3 is 3.20 bits per heavy atom. The summed E-state index contributed by atoms with van der Waals surface area (Å²) in [4.78, 5) is 15.1. The molecule has 4 heteroatoms. The maximum absolute atomic E-state index is 10.9. The third-order valence-corrected chi connectivity index (χ3v) is 3.28. The fourth-order valence-electron chi connectivity index (χ4n) is 2.56. The molecule has 1 aromatic rings. The number of pyridine rings is 1. The minimum absolute atomic E-state index is 0.0241. The Hall–Kier alpha value is -1.58. The number of carbonyl (C=O) groups is 1. The predicted octanol–water partition coefficient (Wildman–Crippen LogP) is 1.42. The van der Waals surface area contributed by atoms with Crippen molar-refractivity contribution in [2.24, 2.45) is 5.92 Å². The zero-order valence-corrected chi connectivity index (χ0v) is 8.09. The van der Waals surface area contributed by atoms with Gasteiger partial charge in [0.05, 0.1) is 11.6 Å². The molecule has 0 aromatic carbocycles. The average Bonchev–Trinajstić information content (AvgIpc) is 2.73. The molecule has 4 nitrogen and oxygen atoms in total. The highest BCUT2D eigenvalue weighted by molar-refractivity contribution is 5.71. The van der Waals surface area contributed by atoms with Crippen molar-refractivity contribution in [2.45, 2.75) is 24.9 Å². The van der Waals surface area contributed by atoms with Gasteiger partial charge in [0, 0.05) is 12.1 Å². The van der Waals surface area contributed by atoms with Crippen LogP contribution in [-0.4, -0.2) is 22.2 Å². The number of carboxylic acid groups (broad SMARTS) is 1. The van der Waals surface area contributed by atoms with Crippen LogP contribution in [0.4, 0.5) is 0 Å². The number of ether oxygens (including phenoxy) is 1. The van der Waals surface area contributed by atoms with Crippen LogP contribution in [0.2, 0.25) is 0 Å². The number of aliphatic carboxylic acids is 1. The van der Waals surface area contributed by atoms with E-state index >= 15 is 0 Å². The minimum atomic E-state index is -0.717. The van der Waals surface area contributed by atoms with Crippen LogP contribution in [0.15, 0.2) is 18.3 Å². The maximum atomic E-state index is 10.9. The highest BCUT2D eigenvalue weighted by Crippen LogP contribution is 2.47. The van der Waals surface area contributed by atoms with Gasteiger partial charge in [0.2, 0.25) is 0 Å². The Balaban J connectivity index is 1.91. The van der Waals surface area contributed by atoms with E-state index in [4.69, 9.17) is 9.84 Å². The van der Waals surface area contributed by atoms with E-state index in [-0.39, 0.29) is 17.9 Å². The summed E-state index contributed by atoms with van der Waals surface area (Å²) in [6.45, 7) is 0. The Kier molecular flexibility index (Phi) is 1.71. The SMILES string of the molecule is O=C(O)C1CC2Oc3cccnc3C2C1. The maximum Gasteiger partial charge on any atom is 0.306 e. The lowest BCUT2D eigenvalue weighted by Crippen LogP contribution is -2.14. The second-order valence-corrected chi connectivity index (χ2v) is 4.16. The molecule has 1 aliphatic heterocycles. The molecule has 3 unspecified atom stereocenters. The molecule has 1 saturated carbocycles. The summed E-state index contributed by atoms with van der Waals surface area (Å²) >= 11 is 0. The number of aromatic nitrogens is 1. The van der Waals surface area contributed by atoms with Gasteiger partial charge in [-0.1, -0.05) is 0 Å². The van der Waals surface area contributed by atoms with Crippen molar-refractivity contribution in [3.63, 3.8) is 0 Å². The molecule has 0 radical (unpaired) electrons. The van der Waals surface area contributed by atoms with Crippen LogP contribution >= 0.6 is 0 Å². The first-order valence-corrected chi connectivity index (χ1v) is 5.10. The Labute approximate surface area is 86.9 Å². The van der Waals surface area contributed by atoms with Crippen LogP contribution in [0, 0.1) is 5.92 Å². The molecule has 1 aliphatic carbocycles. The van der Waals surface area contributed by atoms with Crippen LogP contribution in [0.1, 0.15) is 24.5 Å². The monoisotopic (exact) mass is 205 g/mol. The van der Waals surface area contributed by atoms with Crippen LogP contribution in [0.5, 0.6) is 5.75 Å². The second kappa shape index (κ2) is 2.95. The molecule has 2 heterocycles. The standard InChI is InChI=1S/C11H11NO3/c13-11(14)6-4-7-9(5-6)15-8-2-1-3-12-10(7)8/h1-3,6-7,9H,4-5H2,(H,13,14). The lowest BCUT2D eigenvalue weighted by Gasteiger charge is -2.07. The van der Waals surface area contributed by atoms with Crippen LogP contribution in [-0.2, 0) is 4.79 Å². The molecule has 3 rings (SSSR count). The normalized spacial score (nSPS) is 31.9. The van der Waals surface area contributed by atoms with Gasteiger partial charge >= 0.3 is 5.97 Å². The van der Waals surface area contributed by atoms with E-state index < -0.39 is 5.97 Å². The summed E-state index contributed by atoms with van der Waals surface area (Å²) in [7, 11) is 0. The van der Waals surface area contributed by atoms with Crippen molar-refractivity contribution >= 4 is 5.97 Å². The minimum Gasteiger partial charge on any atom is -0.488 e. The number of hydrogen-bond donors (Lipinski definition) is 1. The number of carboxylic acids is 1. The van der Waals surface area contributed by atoms with E-state index in [0.717, 1.165) is 11.4 Å². The van der Waals surface area contributed by atoms with E-state index in [0.29, 0.717) is 12.8 Å². The molecule has 0 saturated heterocycles. The first-order chi connectivity index (χ1) is 7.25. The molecule has 2 aliphatic rings. The summed E-state index contributed by atoms with van der Waals surface area (Å²) in [6.07, 6.45) is 3.02. The van der Waals surface area contributed by atoms with Crippen molar-refractivity contribution < 1.29 is 14.6 Å². The van der Waals surface area contributed by atoms with Crippen molar-refractivity contribution in [2.75, 3.05) is 0 Å². The highest BCUT2D eigenvalue weighted by Gasteiger charge is 2.45. The third kappa shape index (κ3) is 1.21. The summed E-state index contributed by atoms with van der Waals surface area (Å²) < 4.78 is 5.69. The zero-order chi connectivity index (χ0) is 10.4. The number of fused-ring (bicyclic) bond motifs is 3. The molecule has 15 heavy (non-hydrogen) atoms. The zero-order valence-electron chi connectivity index (χ0n) is 8.09. The van der Waals surface area contributed by atoms with Gasteiger partial charge in [-0.25, -0.2) is 0 Å².